The van der Waals surface area contributed by atoms with E-state index in [-0.39, 0.29) is 5.97 Å². The van der Waals surface area contributed by atoms with E-state index in [1.165, 1.54) is 65.4 Å². The van der Waals surface area contributed by atoms with Crippen LogP contribution in [0.15, 0.2) is 0 Å². The van der Waals surface area contributed by atoms with Crippen LogP contribution in [0.4, 0.5) is 0 Å². The first-order valence-electron chi connectivity index (χ1n) is 9.79. The Balaban J connectivity index is 1.69. The number of likely N-dealkylation sites (tertiary alicyclic amines) is 1. The van der Waals surface area contributed by atoms with E-state index < -0.39 is 0 Å². The van der Waals surface area contributed by atoms with E-state index in [1.807, 2.05) is 0 Å². The van der Waals surface area contributed by atoms with E-state index in [0.29, 0.717) is 12.5 Å². The molecule has 0 N–H and O–H groups in total. The number of rotatable bonds is 6. The van der Waals surface area contributed by atoms with Crippen LogP contribution < -0.4 is 0 Å². The summed E-state index contributed by atoms with van der Waals surface area (Å²) in [6.45, 7) is 7.45. The third-order valence-electron chi connectivity index (χ3n) is 6.40. The Morgan fingerprint density at radius 2 is 2.00 bits per heavy atom. The smallest absolute Gasteiger partial charge is 0.305 e. The Hall–Kier alpha value is -0.610. The zero-order chi connectivity index (χ0) is 16.2. The maximum atomic E-state index is 11.5. The van der Waals surface area contributed by atoms with Gasteiger partial charge in [0.2, 0.25) is 0 Å². The minimum Gasteiger partial charge on any atom is -0.469 e. The van der Waals surface area contributed by atoms with Gasteiger partial charge >= 0.3 is 5.97 Å². The molecule has 3 fully saturated rings. The lowest BCUT2D eigenvalue weighted by Crippen LogP contribution is -2.64. The molecule has 0 bridgehead atoms. The van der Waals surface area contributed by atoms with Gasteiger partial charge in [-0.1, -0.05) is 6.92 Å². The summed E-state index contributed by atoms with van der Waals surface area (Å²) in [6, 6.07) is 1.51. The summed E-state index contributed by atoms with van der Waals surface area (Å²) in [7, 11) is 1.50. The maximum absolute atomic E-state index is 11.5. The molecule has 132 valence electrons. The molecule has 0 spiro atoms. The molecule has 4 nitrogen and oxygen atoms in total. The topological polar surface area (TPSA) is 32.8 Å². The second-order valence-corrected chi connectivity index (χ2v) is 7.77. The van der Waals surface area contributed by atoms with Gasteiger partial charge in [0.05, 0.1) is 7.11 Å². The molecule has 4 heteroatoms. The van der Waals surface area contributed by atoms with Crippen LogP contribution in [0.5, 0.6) is 0 Å². The molecule has 0 aromatic rings. The number of nitrogens with zero attached hydrogens (tertiary/aromatic N) is 2. The second kappa shape index (κ2) is 7.98. The molecule has 3 heterocycles. The summed E-state index contributed by atoms with van der Waals surface area (Å²) in [5, 5.41) is 0. The van der Waals surface area contributed by atoms with Gasteiger partial charge in [-0.3, -0.25) is 14.6 Å². The van der Waals surface area contributed by atoms with Crippen LogP contribution in [0.1, 0.15) is 58.3 Å². The summed E-state index contributed by atoms with van der Waals surface area (Å²) in [6.07, 6.45) is 9.52. The van der Waals surface area contributed by atoms with Crippen LogP contribution in [0.2, 0.25) is 0 Å². The highest BCUT2D eigenvalue weighted by Gasteiger charge is 2.47. The molecule has 0 saturated carbocycles. The molecule has 3 aliphatic heterocycles. The molecular formula is C19H34N2O2. The van der Waals surface area contributed by atoms with Crippen molar-refractivity contribution in [1.82, 2.24) is 9.80 Å². The average Bonchev–Trinajstić information content (AvgIpc) is 2.57. The van der Waals surface area contributed by atoms with Crippen molar-refractivity contribution in [2.45, 2.75) is 70.4 Å². The molecule has 0 aromatic heterocycles. The van der Waals surface area contributed by atoms with Crippen LogP contribution in [0, 0.1) is 11.8 Å². The minimum atomic E-state index is -0.0522. The number of methoxy groups -OCH3 is 1. The highest BCUT2D eigenvalue weighted by Crippen LogP contribution is 2.43. The lowest BCUT2D eigenvalue weighted by Gasteiger charge is -2.57. The third-order valence-corrected chi connectivity index (χ3v) is 6.40. The fourth-order valence-corrected chi connectivity index (χ4v) is 5.58. The van der Waals surface area contributed by atoms with Gasteiger partial charge in [0.25, 0.3) is 0 Å². The van der Waals surface area contributed by atoms with Gasteiger partial charge in [-0.15, -0.1) is 0 Å². The molecule has 0 aromatic carbocycles. The Kier molecular flexibility index (Phi) is 5.97. The number of hydrogen-bond acceptors (Lipinski definition) is 4. The van der Waals surface area contributed by atoms with Gasteiger partial charge in [-0.25, -0.2) is 0 Å². The van der Waals surface area contributed by atoms with E-state index in [1.54, 1.807) is 0 Å². The van der Waals surface area contributed by atoms with E-state index in [2.05, 4.69) is 16.7 Å². The monoisotopic (exact) mass is 322 g/mol. The third kappa shape index (κ3) is 3.74. The summed E-state index contributed by atoms with van der Waals surface area (Å²) in [5.74, 6) is 1.66. The molecule has 3 saturated heterocycles. The quantitative estimate of drug-likeness (QED) is 0.704. The molecule has 4 atom stereocenters. The van der Waals surface area contributed by atoms with Crippen molar-refractivity contribution in [2.24, 2.45) is 11.8 Å². The number of carbonyl (C=O) groups excluding carboxylic acids is 1. The van der Waals surface area contributed by atoms with Crippen molar-refractivity contribution in [3.63, 3.8) is 0 Å². The predicted molar refractivity (Wildman–Crippen MR) is 92.3 cm³/mol. The van der Waals surface area contributed by atoms with E-state index in [9.17, 15) is 4.79 Å². The molecule has 0 amide bonds. The number of esters is 1. The zero-order valence-corrected chi connectivity index (χ0v) is 15.0. The van der Waals surface area contributed by atoms with Gasteiger partial charge in [0, 0.05) is 25.0 Å². The maximum Gasteiger partial charge on any atom is 0.305 e. The summed E-state index contributed by atoms with van der Waals surface area (Å²) < 4.78 is 4.82. The molecule has 0 radical (unpaired) electrons. The largest absolute Gasteiger partial charge is 0.469 e. The van der Waals surface area contributed by atoms with Crippen molar-refractivity contribution in [3.8, 4) is 0 Å². The molecule has 0 unspecified atom stereocenters. The summed E-state index contributed by atoms with van der Waals surface area (Å²) >= 11 is 0. The molecule has 3 rings (SSSR count). The fourth-order valence-electron chi connectivity index (χ4n) is 5.58. The molecule has 23 heavy (non-hydrogen) atoms. The normalized spacial score (nSPS) is 34.9. The van der Waals surface area contributed by atoms with Crippen LogP contribution in [-0.2, 0) is 9.53 Å². The van der Waals surface area contributed by atoms with E-state index >= 15 is 0 Å². The van der Waals surface area contributed by atoms with Crippen molar-refractivity contribution >= 4 is 5.97 Å². The van der Waals surface area contributed by atoms with Crippen LogP contribution in [-0.4, -0.2) is 61.1 Å². The summed E-state index contributed by atoms with van der Waals surface area (Å²) in [4.78, 5) is 17.0. The van der Waals surface area contributed by atoms with Crippen molar-refractivity contribution in [2.75, 3.05) is 33.3 Å². The Bertz CT molecular complexity index is 399. The Morgan fingerprint density at radius 1 is 1.22 bits per heavy atom. The highest BCUT2D eigenvalue weighted by atomic mass is 16.5. The average molecular weight is 322 g/mol. The SMILES string of the molecule is CCCN1C[C@H]2CCCN3CCC[C@@H]([C@H]23)[C@H]1CCCC(=O)OC. The van der Waals surface area contributed by atoms with Gasteiger partial charge in [-0.05, 0) is 76.4 Å². The van der Waals surface area contributed by atoms with Crippen molar-refractivity contribution < 1.29 is 9.53 Å². The van der Waals surface area contributed by atoms with Crippen LogP contribution >= 0.6 is 0 Å². The Labute approximate surface area is 141 Å². The first-order chi connectivity index (χ1) is 11.2. The lowest BCUT2D eigenvalue weighted by molar-refractivity contribution is -0.141. The fraction of sp³-hybridized carbons (Fsp3) is 0.947. The van der Waals surface area contributed by atoms with Gasteiger partial charge in [0.1, 0.15) is 0 Å². The molecule has 0 aliphatic carbocycles. The predicted octanol–water partition coefficient (Wildman–Crippen LogP) is 2.91. The number of carbonyl (C=O) groups is 1. The minimum absolute atomic E-state index is 0.0522. The Morgan fingerprint density at radius 3 is 2.74 bits per heavy atom. The zero-order valence-electron chi connectivity index (χ0n) is 15.0. The van der Waals surface area contributed by atoms with Crippen molar-refractivity contribution in [1.29, 1.82) is 0 Å². The van der Waals surface area contributed by atoms with Crippen LogP contribution in [0.25, 0.3) is 0 Å². The lowest BCUT2D eigenvalue weighted by atomic mass is 9.69. The standard InChI is InChI=1S/C19H34N2O2/c1-3-11-21-14-15-7-5-12-20-13-6-8-16(19(15)20)17(21)9-4-10-18(22)23-2/h15-17,19H,3-14H2,1-2H3/t15-,16-,17-,19+/m1/s1. The number of hydrogen-bond donors (Lipinski definition) is 0. The summed E-state index contributed by atoms with van der Waals surface area (Å²) in [5.41, 5.74) is 0. The second-order valence-electron chi connectivity index (χ2n) is 7.77. The first kappa shape index (κ1) is 17.2. The molecular weight excluding hydrogens is 288 g/mol. The molecule has 3 aliphatic rings. The number of ether oxygens (including phenoxy) is 1. The number of piperidine rings is 3. The first-order valence-corrected chi connectivity index (χ1v) is 9.79. The van der Waals surface area contributed by atoms with Gasteiger partial charge in [0.15, 0.2) is 0 Å². The van der Waals surface area contributed by atoms with Crippen LogP contribution in [0.3, 0.4) is 0 Å². The van der Waals surface area contributed by atoms with Gasteiger partial charge < -0.3 is 4.74 Å². The highest BCUT2D eigenvalue weighted by molar-refractivity contribution is 5.68. The van der Waals surface area contributed by atoms with E-state index in [4.69, 9.17) is 4.74 Å². The van der Waals surface area contributed by atoms with E-state index in [0.717, 1.165) is 30.7 Å². The van der Waals surface area contributed by atoms with Crippen molar-refractivity contribution in [3.05, 3.63) is 0 Å². The van der Waals surface area contributed by atoms with Gasteiger partial charge in [-0.2, -0.15) is 0 Å².